The van der Waals surface area contributed by atoms with Crippen LogP contribution < -0.4 is 5.32 Å². The fourth-order valence-corrected chi connectivity index (χ4v) is 5.13. The average Bonchev–Trinajstić information content (AvgIpc) is 3.50. The number of aromatic nitrogens is 3. The molecule has 1 unspecified atom stereocenters. The van der Waals surface area contributed by atoms with Crippen LogP contribution in [0.25, 0.3) is 11.0 Å². The van der Waals surface area contributed by atoms with E-state index in [2.05, 4.69) is 31.6 Å². The Labute approximate surface area is 232 Å². The molecule has 8 nitrogen and oxygen atoms in total. The molecule has 0 aliphatic carbocycles. The zero-order valence-corrected chi connectivity index (χ0v) is 22.2. The maximum absolute atomic E-state index is 14.1. The summed E-state index contributed by atoms with van der Waals surface area (Å²) in [6.45, 7) is 0. The van der Waals surface area contributed by atoms with E-state index in [0.29, 0.717) is 16.6 Å². The predicted molar refractivity (Wildman–Crippen MR) is 149 cm³/mol. The van der Waals surface area contributed by atoms with Crippen LogP contribution in [0.5, 0.6) is 0 Å². The van der Waals surface area contributed by atoms with Crippen molar-refractivity contribution in [2.24, 2.45) is 0 Å². The standard InChI is InChI=1S/C30H22BrN5O3/c31-21-16-14-20(15-17-21)27(36-25-13-7-6-12-24(25)33-34-36)32-28(37)26(18-19-8-2-1-3-9-19)35-29(38)22-10-4-5-11-23(22)30(35)39/h1-17,26-27H,18H2,(H,32,37)/t26-,27?/m0/s1. The van der Waals surface area contributed by atoms with Crippen molar-refractivity contribution in [3.8, 4) is 0 Å². The molecule has 1 N–H and O–H groups in total. The number of imide groups is 1. The van der Waals surface area contributed by atoms with E-state index in [9.17, 15) is 14.4 Å². The van der Waals surface area contributed by atoms with Gasteiger partial charge in [-0.15, -0.1) is 5.10 Å². The van der Waals surface area contributed by atoms with Crippen molar-refractivity contribution in [1.82, 2.24) is 25.2 Å². The van der Waals surface area contributed by atoms with Crippen molar-refractivity contribution < 1.29 is 14.4 Å². The minimum atomic E-state index is -1.09. The number of hydrogen-bond donors (Lipinski definition) is 1. The zero-order chi connectivity index (χ0) is 26.9. The largest absolute Gasteiger partial charge is 0.329 e. The number of benzene rings is 4. The van der Waals surface area contributed by atoms with Gasteiger partial charge in [-0.25, -0.2) is 4.68 Å². The Balaban J connectivity index is 1.41. The maximum atomic E-state index is 14.1. The molecule has 4 aromatic carbocycles. The van der Waals surface area contributed by atoms with Crippen LogP contribution >= 0.6 is 15.9 Å². The normalized spacial score (nSPS) is 14.3. The van der Waals surface area contributed by atoms with Crippen molar-refractivity contribution in [2.75, 3.05) is 0 Å². The van der Waals surface area contributed by atoms with Gasteiger partial charge in [-0.2, -0.15) is 0 Å². The van der Waals surface area contributed by atoms with Gasteiger partial charge in [-0.3, -0.25) is 19.3 Å². The molecule has 2 atom stereocenters. The Kier molecular flexibility index (Phi) is 6.50. The quantitative estimate of drug-likeness (QED) is 0.280. The summed E-state index contributed by atoms with van der Waals surface area (Å²) in [7, 11) is 0. The molecule has 3 amide bonds. The summed E-state index contributed by atoms with van der Waals surface area (Å²) in [5.41, 5.74) is 3.56. The van der Waals surface area contributed by atoms with E-state index in [1.807, 2.05) is 78.9 Å². The molecule has 0 spiro atoms. The van der Waals surface area contributed by atoms with Gasteiger partial charge in [0.1, 0.15) is 11.6 Å². The number of carbonyl (C=O) groups excluding carboxylic acids is 3. The Morgan fingerprint density at radius 1 is 0.795 bits per heavy atom. The van der Waals surface area contributed by atoms with Gasteiger partial charge in [0, 0.05) is 10.9 Å². The van der Waals surface area contributed by atoms with Crippen LogP contribution in [-0.2, 0) is 11.2 Å². The minimum Gasteiger partial charge on any atom is -0.329 e. The number of para-hydroxylation sites is 1. The summed E-state index contributed by atoms with van der Waals surface area (Å²) in [6, 6.07) is 29.8. The number of amides is 3. The van der Waals surface area contributed by atoms with Gasteiger partial charge in [0.05, 0.1) is 16.6 Å². The number of hydrogen-bond acceptors (Lipinski definition) is 5. The second-order valence-electron chi connectivity index (χ2n) is 9.22. The molecular weight excluding hydrogens is 558 g/mol. The van der Waals surface area contributed by atoms with Crippen molar-refractivity contribution in [3.05, 3.63) is 130 Å². The number of carbonyl (C=O) groups is 3. The van der Waals surface area contributed by atoms with Crippen LogP contribution in [0.3, 0.4) is 0 Å². The van der Waals surface area contributed by atoms with Crippen LogP contribution in [0.15, 0.2) is 108 Å². The van der Waals surface area contributed by atoms with Gasteiger partial charge in [0.2, 0.25) is 5.91 Å². The summed E-state index contributed by atoms with van der Waals surface area (Å²) in [5, 5.41) is 11.7. The molecule has 0 saturated heterocycles. The topological polar surface area (TPSA) is 97.2 Å². The summed E-state index contributed by atoms with van der Waals surface area (Å²) in [4.78, 5) is 42.1. The van der Waals surface area contributed by atoms with Crippen molar-refractivity contribution >= 4 is 44.7 Å². The molecule has 0 radical (unpaired) electrons. The molecule has 5 aromatic rings. The summed E-state index contributed by atoms with van der Waals surface area (Å²) < 4.78 is 2.52. The third-order valence-corrected chi connectivity index (χ3v) is 7.33. The molecular formula is C30H22BrN5O3. The van der Waals surface area contributed by atoms with Gasteiger partial charge in [0.15, 0.2) is 6.17 Å². The fourth-order valence-electron chi connectivity index (χ4n) is 4.87. The lowest BCUT2D eigenvalue weighted by atomic mass is 10.0. The molecule has 0 bridgehead atoms. The first-order valence-electron chi connectivity index (χ1n) is 12.4. The Hall–Kier alpha value is -4.63. The predicted octanol–water partition coefficient (Wildman–Crippen LogP) is 4.76. The second kappa shape index (κ2) is 10.3. The van der Waals surface area contributed by atoms with Crippen LogP contribution in [-0.4, -0.2) is 43.7 Å². The molecule has 9 heteroatoms. The number of nitrogens with zero attached hydrogens (tertiary/aromatic N) is 4. The molecule has 39 heavy (non-hydrogen) atoms. The smallest absolute Gasteiger partial charge is 0.262 e. The van der Waals surface area contributed by atoms with Gasteiger partial charge >= 0.3 is 0 Å². The van der Waals surface area contributed by atoms with Gasteiger partial charge in [-0.1, -0.05) is 87.9 Å². The third kappa shape index (κ3) is 4.61. The molecule has 1 aliphatic heterocycles. The number of nitrogens with one attached hydrogen (secondary N) is 1. The maximum Gasteiger partial charge on any atom is 0.262 e. The van der Waals surface area contributed by atoms with Crippen LogP contribution in [0, 0.1) is 0 Å². The molecule has 0 saturated carbocycles. The molecule has 0 fully saturated rings. The second-order valence-corrected chi connectivity index (χ2v) is 10.1. The third-order valence-electron chi connectivity index (χ3n) is 6.80. The molecule has 2 heterocycles. The van der Waals surface area contributed by atoms with Gasteiger partial charge < -0.3 is 5.32 Å². The number of rotatable bonds is 7. The van der Waals surface area contributed by atoms with Gasteiger partial charge in [-0.05, 0) is 47.5 Å². The molecule has 6 rings (SSSR count). The van der Waals surface area contributed by atoms with E-state index in [-0.39, 0.29) is 6.42 Å². The summed E-state index contributed by atoms with van der Waals surface area (Å²) in [5.74, 6) is -1.46. The van der Waals surface area contributed by atoms with Crippen molar-refractivity contribution in [1.29, 1.82) is 0 Å². The van der Waals surface area contributed by atoms with Crippen molar-refractivity contribution in [3.63, 3.8) is 0 Å². The summed E-state index contributed by atoms with van der Waals surface area (Å²) >= 11 is 3.46. The highest BCUT2D eigenvalue weighted by molar-refractivity contribution is 9.10. The van der Waals surface area contributed by atoms with E-state index in [0.717, 1.165) is 26.0 Å². The van der Waals surface area contributed by atoms with E-state index in [1.54, 1.807) is 28.9 Å². The highest BCUT2D eigenvalue weighted by Crippen LogP contribution is 2.28. The SMILES string of the molecule is O=C(NC(c1ccc(Br)cc1)n1nnc2ccccc21)[C@H](Cc1ccccc1)N1C(=O)c2ccccc2C1=O. The highest BCUT2D eigenvalue weighted by Gasteiger charge is 2.43. The first-order chi connectivity index (χ1) is 19.0. The highest BCUT2D eigenvalue weighted by atomic mass is 79.9. The van der Waals surface area contributed by atoms with Crippen LogP contribution in [0.1, 0.15) is 38.0 Å². The first-order valence-corrected chi connectivity index (χ1v) is 13.2. The van der Waals surface area contributed by atoms with Crippen LogP contribution in [0.4, 0.5) is 0 Å². The molecule has 1 aliphatic rings. The summed E-state index contributed by atoms with van der Waals surface area (Å²) in [6.07, 6.45) is -0.588. The van der Waals surface area contributed by atoms with Gasteiger partial charge in [0.25, 0.3) is 11.8 Å². The Morgan fingerprint density at radius 2 is 1.41 bits per heavy atom. The fraction of sp³-hybridized carbons (Fsp3) is 0.100. The van der Waals surface area contributed by atoms with E-state index < -0.39 is 29.9 Å². The van der Waals surface area contributed by atoms with E-state index in [4.69, 9.17) is 0 Å². The first kappa shape index (κ1) is 24.7. The Bertz CT molecular complexity index is 1670. The van der Waals surface area contributed by atoms with Crippen LogP contribution in [0.2, 0.25) is 0 Å². The lowest BCUT2D eigenvalue weighted by Gasteiger charge is -2.28. The van der Waals surface area contributed by atoms with E-state index in [1.165, 1.54) is 0 Å². The lowest BCUT2D eigenvalue weighted by molar-refractivity contribution is -0.126. The van der Waals surface area contributed by atoms with E-state index >= 15 is 0 Å². The Morgan fingerprint density at radius 3 is 2.10 bits per heavy atom. The average molecular weight is 580 g/mol. The molecule has 1 aromatic heterocycles. The van der Waals surface area contributed by atoms with Crippen molar-refractivity contribution in [2.45, 2.75) is 18.6 Å². The number of halogens is 1. The monoisotopic (exact) mass is 579 g/mol. The molecule has 192 valence electrons. The number of fused-ring (bicyclic) bond motifs is 2. The lowest BCUT2D eigenvalue weighted by Crippen LogP contribution is -2.52. The minimum absolute atomic E-state index is 0.156. The zero-order valence-electron chi connectivity index (χ0n) is 20.6.